The summed E-state index contributed by atoms with van der Waals surface area (Å²) in [5.74, 6) is -6.73. The molecule has 0 unspecified atom stereocenters. The van der Waals surface area contributed by atoms with Gasteiger partial charge in [-0.25, -0.2) is 18.3 Å². The first kappa shape index (κ1) is 33.0. The number of morpholine rings is 1. The molecule has 2 aliphatic heterocycles. The van der Waals surface area contributed by atoms with Crippen molar-refractivity contribution in [1.29, 1.82) is 0 Å². The fraction of sp³-hybridized carbons (Fsp3) is 0.667. The highest BCUT2D eigenvalue weighted by Crippen LogP contribution is 2.42. The number of halogens is 5. The number of nitrogens with zero attached hydrogens (tertiary/aromatic N) is 7. The number of alkyl halides is 5. The van der Waals surface area contributed by atoms with Crippen molar-refractivity contribution in [1.82, 2.24) is 40.0 Å². The van der Waals surface area contributed by atoms with Crippen LogP contribution in [0.3, 0.4) is 0 Å². The van der Waals surface area contributed by atoms with E-state index in [4.69, 9.17) is 14.8 Å². The molecular weight excluding hydrogens is 629 g/mol. The van der Waals surface area contributed by atoms with Crippen molar-refractivity contribution in [2.45, 2.75) is 83.2 Å². The maximum absolute atomic E-state index is 14.7. The van der Waals surface area contributed by atoms with Crippen LogP contribution in [0.5, 0.6) is 0 Å². The molecule has 1 saturated carbocycles. The van der Waals surface area contributed by atoms with Crippen LogP contribution in [0.25, 0.3) is 5.78 Å². The third-order valence-electron chi connectivity index (χ3n) is 9.29. The van der Waals surface area contributed by atoms with Crippen LogP contribution in [-0.2, 0) is 22.5 Å². The first-order valence-corrected chi connectivity index (χ1v) is 16.0. The fourth-order valence-electron chi connectivity index (χ4n) is 6.89. The monoisotopic (exact) mass is 667 g/mol. The fourth-order valence-corrected chi connectivity index (χ4v) is 6.89. The Balaban J connectivity index is 1.38. The molecule has 3 aromatic heterocycles. The van der Waals surface area contributed by atoms with Gasteiger partial charge in [0.2, 0.25) is 11.8 Å². The van der Waals surface area contributed by atoms with Crippen molar-refractivity contribution in [2.24, 2.45) is 17.8 Å². The van der Waals surface area contributed by atoms with Gasteiger partial charge in [-0.3, -0.25) is 14.3 Å². The molecule has 3 aliphatic rings. The summed E-state index contributed by atoms with van der Waals surface area (Å²) in [6.45, 7) is 4.89. The molecule has 0 radical (unpaired) electrons. The maximum Gasteiger partial charge on any atom is 0.393 e. The van der Waals surface area contributed by atoms with E-state index in [0.717, 1.165) is 0 Å². The molecule has 3 fully saturated rings. The smallest absolute Gasteiger partial charge is 0.375 e. The number of carbonyl (C=O) groups excluding carboxylic acids is 2. The van der Waals surface area contributed by atoms with Crippen molar-refractivity contribution in [3.05, 3.63) is 35.5 Å². The third kappa shape index (κ3) is 7.18. The highest BCUT2D eigenvalue weighted by molar-refractivity contribution is 5.92. The Hall–Kier alpha value is -3.89. The Labute approximate surface area is 267 Å². The lowest BCUT2D eigenvalue weighted by Gasteiger charge is -2.34. The summed E-state index contributed by atoms with van der Waals surface area (Å²) >= 11 is 0. The predicted octanol–water partition coefficient (Wildman–Crippen LogP) is 3.72. The van der Waals surface area contributed by atoms with Crippen LogP contribution in [0.1, 0.15) is 73.9 Å². The largest absolute Gasteiger partial charge is 0.393 e. The van der Waals surface area contributed by atoms with E-state index in [-0.39, 0.29) is 49.0 Å². The van der Waals surface area contributed by atoms with Crippen LogP contribution in [0.15, 0.2) is 18.5 Å². The first-order chi connectivity index (χ1) is 22.3. The summed E-state index contributed by atoms with van der Waals surface area (Å²) in [7, 11) is 0. The summed E-state index contributed by atoms with van der Waals surface area (Å²) in [6, 6.07) is 0.634. The van der Waals surface area contributed by atoms with Gasteiger partial charge in [-0.1, -0.05) is 0 Å². The van der Waals surface area contributed by atoms with Gasteiger partial charge in [0.15, 0.2) is 5.82 Å². The Morgan fingerprint density at radius 1 is 1.28 bits per heavy atom. The van der Waals surface area contributed by atoms with E-state index in [0.29, 0.717) is 44.2 Å². The molecule has 0 aromatic carbocycles. The minimum absolute atomic E-state index is 0.105. The van der Waals surface area contributed by atoms with Gasteiger partial charge in [0.25, 0.3) is 11.7 Å². The molecule has 17 heteroatoms. The van der Waals surface area contributed by atoms with E-state index < -0.39 is 60.7 Å². The SMILES string of the molecule is CCn1nccc1C(=O)N[C@H](c1cn2nc(C[C@H]3C[C@@H](C(F)(F)F)CNC3=O)c(N3CCO[C@@H](C)C3)nc2n1)[C@H]1CCCC(F)(F)C1. The van der Waals surface area contributed by atoms with Gasteiger partial charge in [0.1, 0.15) is 11.4 Å². The van der Waals surface area contributed by atoms with Crippen molar-refractivity contribution in [3.8, 4) is 0 Å². The molecule has 2 amide bonds. The molecule has 3 aromatic rings. The summed E-state index contributed by atoms with van der Waals surface area (Å²) < 4.78 is 78.7. The highest BCUT2D eigenvalue weighted by atomic mass is 19.4. The maximum atomic E-state index is 14.7. The Morgan fingerprint density at radius 3 is 2.81 bits per heavy atom. The Morgan fingerprint density at radius 2 is 2.09 bits per heavy atom. The number of aromatic nitrogens is 6. The molecular formula is C30H38F5N9O3. The summed E-state index contributed by atoms with van der Waals surface area (Å²) in [5.41, 5.74) is 0.846. The second kappa shape index (κ2) is 13.0. The number of piperidine rings is 1. The third-order valence-corrected chi connectivity index (χ3v) is 9.29. The zero-order chi connectivity index (χ0) is 33.5. The van der Waals surface area contributed by atoms with E-state index in [9.17, 15) is 31.5 Å². The van der Waals surface area contributed by atoms with E-state index in [1.165, 1.54) is 21.6 Å². The minimum Gasteiger partial charge on any atom is -0.375 e. The van der Waals surface area contributed by atoms with Gasteiger partial charge in [-0.05, 0) is 45.1 Å². The van der Waals surface area contributed by atoms with Crippen molar-refractivity contribution in [2.75, 3.05) is 31.1 Å². The van der Waals surface area contributed by atoms with Crippen LogP contribution >= 0.6 is 0 Å². The Bertz CT molecular complexity index is 1610. The normalized spacial score (nSPS) is 25.9. The molecule has 0 spiro atoms. The van der Waals surface area contributed by atoms with Gasteiger partial charge in [0, 0.05) is 57.6 Å². The van der Waals surface area contributed by atoms with E-state index >= 15 is 0 Å². The molecule has 2 N–H and O–H groups in total. The van der Waals surface area contributed by atoms with Gasteiger partial charge in [-0.15, -0.1) is 0 Å². The molecule has 1 aliphatic carbocycles. The molecule has 47 heavy (non-hydrogen) atoms. The van der Waals surface area contributed by atoms with Gasteiger partial charge in [-0.2, -0.15) is 28.4 Å². The van der Waals surface area contributed by atoms with Gasteiger partial charge in [0.05, 0.1) is 36.6 Å². The summed E-state index contributed by atoms with van der Waals surface area (Å²) in [5, 5.41) is 14.1. The van der Waals surface area contributed by atoms with E-state index in [2.05, 4.69) is 20.7 Å². The quantitative estimate of drug-likeness (QED) is 0.348. The summed E-state index contributed by atoms with van der Waals surface area (Å²) in [4.78, 5) is 37.5. The molecule has 256 valence electrons. The number of ether oxygens (including phenoxy) is 1. The average Bonchev–Trinajstić information content (AvgIpc) is 3.66. The number of hydrogen-bond acceptors (Lipinski definition) is 8. The predicted molar refractivity (Wildman–Crippen MR) is 158 cm³/mol. The molecule has 12 nitrogen and oxygen atoms in total. The number of carbonyl (C=O) groups is 2. The minimum atomic E-state index is -4.46. The lowest BCUT2D eigenvalue weighted by Crippen LogP contribution is -2.47. The van der Waals surface area contributed by atoms with Crippen LogP contribution < -0.4 is 15.5 Å². The van der Waals surface area contributed by atoms with Crippen LogP contribution in [-0.4, -0.2) is 85.6 Å². The van der Waals surface area contributed by atoms with Crippen LogP contribution in [0, 0.1) is 17.8 Å². The molecule has 0 bridgehead atoms. The van der Waals surface area contributed by atoms with Crippen molar-refractivity contribution >= 4 is 23.4 Å². The zero-order valence-corrected chi connectivity index (χ0v) is 26.1. The number of imidazole rings is 1. The lowest BCUT2D eigenvalue weighted by atomic mass is 9.80. The molecule has 5 atom stereocenters. The number of fused-ring (bicyclic) bond motifs is 1. The van der Waals surface area contributed by atoms with Crippen LogP contribution in [0.2, 0.25) is 0 Å². The number of amides is 2. The zero-order valence-electron chi connectivity index (χ0n) is 26.1. The number of hydrogen-bond donors (Lipinski definition) is 2. The standard InChI is InChI=1S/C30H38F5N9O3/c1-3-43-23(6-8-37-43)27(46)39-24(18-5-4-7-29(31,32)13-18)22-16-44-28(38-22)40-25(42-9-10-47-17(2)15-42)21(41-44)12-19-11-20(30(33,34)35)14-36-26(19)45/h6,8,16-20,24H,3-5,7,9-15H2,1-2H3,(H,36,45)(H,39,46)/t17-,18-,19+,20+,24-/m0/s1. The number of anilines is 1. The van der Waals surface area contributed by atoms with E-state index in [1.807, 2.05) is 18.7 Å². The molecule has 5 heterocycles. The van der Waals surface area contributed by atoms with Crippen molar-refractivity contribution < 1.29 is 36.3 Å². The topological polar surface area (TPSA) is 132 Å². The Kier molecular flexibility index (Phi) is 9.11. The average molecular weight is 668 g/mol. The molecule has 2 saturated heterocycles. The molecule has 6 rings (SSSR count). The highest BCUT2D eigenvalue weighted by Gasteiger charge is 2.45. The van der Waals surface area contributed by atoms with Gasteiger partial charge < -0.3 is 20.3 Å². The lowest BCUT2D eigenvalue weighted by molar-refractivity contribution is -0.183. The number of nitrogens with one attached hydrogen (secondary N) is 2. The van der Waals surface area contributed by atoms with E-state index in [1.54, 1.807) is 6.07 Å². The van der Waals surface area contributed by atoms with Crippen LogP contribution in [0.4, 0.5) is 27.8 Å². The first-order valence-electron chi connectivity index (χ1n) is 16.0. The second-order valence-corrected chi connectivity index (χ2v) is 12.7. The summed E-state index contributed by atoms with van der Waals surface area (Å²) in [6.07, 6.45) is -2.11. The van der Waals surface area contributed by atoms with Crippen molar-refractivity contribution in [3.63, 3.8) is 0 Å². The number of aryl methyl sites for hydroxylation is 1. The second-order valence-electron chi connectivity index (χ2n) is 12.7. The number of rotatable bonds is 8. The van der Waals surface area contributed by atoms with Gasteiger partial charge >= 0.3 is 6.18 Å².